The van der Waals surface area contributed by atoms with Crippen LogP contribution in [0.5, 0.6) is 0 Å². The second-order valence-electron chi connectivity index (χ2n) is 8.34. The van der Waals surface area contributed by atoms with Gasteiger partial charge in [0.15, 0.2) is 18.9 Å². The highest BCUT2D eigenvalue weighted by Crippen LogP contribution is 2.32. The molecule has 200 valence electrons. The molecule has 16 nitrogen and oxygen atoms in total. The first-order valence-corrected chi connectivity index (χ1v) is 10.6. The molecule has 0 aromatic rings. The zero-order valence-corrected chi connectivity index (χ0v) is 17.7. The van der Waals surface area contributed by atoms with E-state index >= 15 is 0 Å². The van der Waals surface area contributed by atoms with Gasteiger partial charge >= 0.3 is 0 Å². The molecular weight excluding hydrogens is 472 g/mol. The lowest BCUT2D eigenvalue weighted by Crippen LogP contribution is -2.65. The van der Waals surface area contributed by atoms with E-state index in [2.05, 4.69) is 0 Å². The lowest BCUT2D eigenvalue weighted by molar-refractivity contribution is -0.365. The highest BCUT2D eigenvalue weighted by Gasteiger charge is 2.54. The lowest BCUT2D eigenvalue weighted by atomic mass is 9.97. The summed E-state index contributed by atoms with van der Waals surface area (Å²) in [4.78, 5) is 0. The SMILES string of the molecule is OC[C@@H](O)[C@@H]1O[C@@H](O)[C@H](O)[C@H]1O[C@H]1O[C@H](CO)[C@H](O[C@H]2O[C@H](CO)[C@H](O)[C@H](O)[C@H]2O)[C@H](O)[C@H]1O. The summed E-state index contributed by atoms with van der Waals surface area (Å²) in [6, 6.07) is 0. The summed E-state index contributed by atoms with van der Waals surface area (Å²) in [5.74, 6) is 0. The Balaban J connectivity index is 1.72. The average Bonchev–Trinajstić information content (AvgIpc) is 3.11. The molecule has 0 aliphatic carbocycles. The Morgan fingerprint density at radius 2 is 1.12 bits per heavy atom. The molecule has 0 radical (unpaired) electrons. The Labute approximate surface area is 192 Å². The van der Waals surface area contributed by atoms with E-state index in [0.717, 1.165) is 0 Å². The van der Waals surface area contributed by atoms with Gasteiger partial charge in [0.25, 0.3) is 0 Å². The predicted molar refractivity (Wildman–Crippen MR) is 101 cm³/mol. The summed E-state index contributed by atoms with van der Waals surface area (Å²) >= 11 is 0. The van der Waals surface area contributed by atoms with Crippen LogP contribution in [0.3, 0.4) is 0 Å². The van der Waals surface area contributed by atoms with Gasteiger partial charge in [-0.1, -0.05) is 0 Å². The van der Waals surface area contributed by atoms with Crippen LogP contribution in [0.2, 0.25) is 0 Å². The average molecular weight is 504 g/mol. The molecule has 34 heavy (non-hydrogen) atoms. The van der Waals surface area contributed by atoms with E-state index in [0.29, 0.717) is 0 Å². The molecular formula is C18H32O16. The number of hydrogen-bond acceptors (Lipinski definition) is 16. The molecule has 3 saturated heterocycles. The largest absolute Gasteiger partial charge is 0.394 e. The zero-order valence-electron chi connectivity index (χ0n) is 17.7. The summed E-state index contributed by atoms with van der Waals surface area (Å²) in [6.07, 6.45) is -24.9. The number of aliphatic hydroxyl groups excluding tert-OH is 11. The number of hydrogen-bond donors (Lipinski definition) is 11. The highest BCUT2D eigenvalue weighted by atomic mass is 16.8. The third-order valence-corrected chi connectivity index (χ3v) is 6.07. The van der Waals surface area contributed by atoms with E-state index in [-0.39, 0.29) is 0 Å². The molecule has 3 aliphatic heterocycles. The maximum atomic E-state index is 10.6. The van der Waals surface area contributed by atoms with E-state index < -0.39 is 112 Å². The van der Waals surface area contributed by atoms with Crippen molar-refractivity contribution in [2.45, 2.75) is 92.1 Å². The molecule has 3 heterocycles. The van der Waals surface area contributed by atoms with Crippen molar-refractivity contribution >= 4 is 0 Å². The van der Waals surface area contributed by atoms with E-state index in [1.54, 1.807) is 0 Å². The van der Waals surface area contributed by atoms with E-state index in [4.69, 9.17) is 28.8 Å². The summed E-state index contributed by atoms with van der Waals surface area (Å²) in [6.45, 7) is -2.37. The molecule has 0 unspecified atom stereocenters. The number of ether oxygens (including phenoxy) is 5. The van der Waals surface area contributed by atoms with Crippen molar-refractivity contribution in [3.63, 3.8) is 0 Å². The van der Waals surface area contributed by atoms with Crippen LogP contribution in [0.1, 0.15) is 0 Å². The van der Waals surface area contributed by atoms with Gasteiger partial charge in [-0.15, -0.1) is 0 Å². The molecule has 11 N–H and O–H groups in total. The normalized spacial score (nSPS) is 50.9. The third kappa shape index (κ3) is 5.37. The van der Waals surface area contributed by atoms with Crippen molar-refractivity contribution in [1.82, 2.24) is 0 Å². The molecule has 0 aromatic heterocycles. The molecule has 0 spiro atoms. The second kappa shape index (κ2) is 11.6. The lowest BCUT2D eigenvalue weighted by Gasteiger charge is -2.46. The predicted octanol–water partition coefficient (Wildman–Crippen LogP) is -7.57. The molecule has 3 rings (SSSR count). The minimum atomic E-state index is -1.91. The fourth-order valence-electron chi connectivity index (χ4n) is 4.07. The van der Waals surface area contributed by atoms with Gasteiger partial charge in [-0.2, -0.15) is 0 Å². The molecule has 15 atom stereocenters. The van der Waals surface area contributed by atoms with Gasteiger partial charge in [-0.05, 0) is 0 Å². The van der Waals surface area contributed by atoms with Crippen molar-refractivity contribution in [2.75, 3.05) is 19.8 Å². The first-order valence-electron chi connectivity index (χ1n) is 10.6. The van der Waals surface area contributed by atoms with Crippen LogP contribution in [-0.4, -0.2) is 168 Å². The van der Waals surface area contributed by atoms with Gasteiger partial charge in [-0.3, -0.25) is 0 Å². The Morgan fingerprint density at radius 1 is 0.588 bits per heavy atom. The van der Waals surface area contributed by atoms with Crippen LogP contribution in [0.4, 0.5) is 0 Å². The van der Waals surface area contributed by atoms with Crippen LogP contribution in [0.25, 0.3) is 0 Å². The van der Waals surface area contributed by atoms with Crippen molar-refractivity contribution < 1.29 is 79.9 Å². The summed E-state index contributed by atoms with van der Waals surface area (Å²) in [5, 5.41) is 109. The second-order valence-corrected chi connectivity index (χ2v) is 8.34. The topological polar surface area (TPSA) is 269 Å². The van der Waals surface area contributed by atoms with Crippen LogP contribution >= 0.6 is 0 Å². The Hall–Kier alpha value is -0.640. The fraction of sp³-hybridized carbons (Fsp3) is 1.00. The van der Waals surface area contributed by atoms with Crippen molar-refractivity contribution in [2.24, 2.45) is 0 Å². The first kappa shape index (κ1) is 27.9. The summed E-state index contributed by atoms with van der Waals surface area (Å²) < 4.78 is 26.4. The smallest absolute Gasteiger partial charge is 0.187 e. The van der Waals surface area contributed by atoms with Crippen LogP contribution in [0.15, 0.2) is 0 Å². The molecule has 0 aromatic carbocycles. The van der Waals surface area contributed by atoms with Crippen molar-refractivity contribution in [1.29, 1.82) is 0 Å². The molecule has 0 bridgehead atoms. The van der Waals surface area contributed by atoms with Crippen molar-refractivity contribution in [3.05, 3.63) is 0 Å². The summed E-state index contributed by atoms with van der Waals surface area (Å²) in [5.41, 5.74) is 0. The molecule has 16 heteroatoms. The zero-order chi connectivity index (χ0) is 25.3. The van der Waals surface area contributed by atoms with E-state index in [1.807, 2.05) is 0 Å². The van der Waals surface area contributed by atoms with Gasteiger partial charge < -0.3 is 79.9 Å². The molecule has 3 aliphatic rings. The molecule has 0 saturated carbocycles. The number of rotatable bonds is 8. The Kier molecular flexibility index (Phi) is 9.54. The quantitative estimate of drug-likeness (QED) is 0.146. The fourth-order valence-corrected chi connectivity index (χ4v) is 4.07. The van der Waals surface area contributed by atoms with Gasteiger partial charge in [-0.25, -0.2) is 0 Å². The number of aliphatic hydroxyl groups is 11. The Bertz CT molecular complexity index is 637. The standard InChI is InChI=1S/C18H32O16/c19-1-4(22)13-15(12(28)16(29)32-13)34-18-11(27)9(25)14(6(3-21)31-18)33-17-10(26)8(24)7(23)5(2-20)30-17/h4-29H,1-3H2/t4-,5-,6-,7+,8+,9-,10-,11-,12-,13+,14+,15-,16-,17-,18-/m1/s1. The first-order chi connectivity index (χ1) is 16.0. The monoisotopic (exact) mass is 504 g/mol. The van der Waals surface area contributed by atoms with E-state index in [9.17, 15) is 51.1 Å². The Morgan fingerprint density at radius 3 is 1.68 bits per heavy atom. The minimum Gasteiger partial charge on any atom is -0.394 e. The highest BCUT2D eigenvalue weighted by molar-refractivity contribution is 4.96. The minimum absolute atomic E-state index is 0.741. The van der Waals surface area contributed by atoms with E-state index in [1.165, 1.54) is 0 Å². The van der Waals surface area contributed by atoms with Crippen LogP contribution < -0.4 is 0 Å². The van der Waals surface area contributed by atoms with Gasteiger partial charge in [0, 0.05) is 0 Å². The maximum Gasteiger partial charge on any atom is 0.187 e. The molecule has 3 fully saturated rings. The van der Waals surface area contributed by atoms with Crippen LogP contribution in [-0.2, 0) is 23.7 Å². The third-order valence-electron chi connectivity index (χ3n) is 6.07. The summed E-state index contributed by atoms with van der Waals surface area (Å²) in [7, 11) is 0. The van der Waals surface area contributed by atoms with Crippen LogP contribution in [0, 0.1) is 0 Å². The van der Waals surface area contributed by atoms with Gasteiger partial charge in [0.2, 0.25) is 0 Å². The van der Waals surface area contributed by atoms with Crippen molar-refractivity contribution in [3.8, 4) is 0 Å². The molecule has 0 amide bonds. The van der Waals surface area contributed by atoms with Gasteiger partial charge in [0.05, 0.1) is 19.8 Å². The maximum absolute atomic E-state index is 10.6. The van der Waals surface area contributed by atoms with Gasteiger partial charge in [0.1, 0.15) is 73.2 Å².